The zero-order chi connectivity index (χ0) is 20.7. The lowest BCUT2D eigenvalue weighted by molar-refractivity contribution is -0.127. The van der Waals surface area contributed by atoms with Crippen molar-refractivity contribution in [3.63, 3.8) is 0 Å². The molecule has 7 heteroatoms. The minimum atomic E-state index is -3.52. The fourth-order valence-corrected chi connectivity index (χ4v) is 5.55. The van der Waals surface area contributed by atoms with Gasteiger partial charge in [0.15, 0.2) is 0 Å². The first kappa shape index (κ1) is 22.1. The van der Waals surface area contributed by atoms with Crippen LogP contribution in [0.5, 0.6) is 5.75 Å². The van der Waals surface area contributed by atoms with E-state index in [1.165, 1.54) is 25.7 Å². The van der Waals surface area contributed by atoms with E-state index < -0.39 is 10.0 Å². The summed E-state index contributed by atoms with van der Waals surface area (Å²) >= 11 is 0. The average molecular weight is 423 g/mol. The van der Waals surface area contributed by atoms with Crippen LogP contribution in [0.3, 0.4) is 0 Å². The Bertz CT molecular complexity index is 748. The van der Waals surface area contributed by atoms with Gasteiger partial charge in [-0.15, -0.1) is 0 Å². The zero-order valence-electron chi connectivity index (χ0n) is 17.4. The quantitative estimate of drug-likeness (QED) is 0.657. The maximum Gasteiger partial charge on any atom is 0.240 e. The highest BCUT2D eigenvalue weighted by atomic mass is 32.2. The lowest BCUT2D eigenvalue weighted by atomic mass is 9.81. The molecular formula is C22H34N2O4S. The van der Waals surface area contributed by atoms with Gasteiger partial charge in [-0.1, -0.05) is 25.7 Å². The van der Waals surface area contributed by atoms with Crippen molar-refractivity contribution in [1.82, 2.24) is 10.0 Å². The third-order valence-corrected chi connectivity index (χ3v) is 7.79. The summed E-state index contributed by atoms with van der Waals surface area (Å²) in [5.74, 6) is 1.19. The number of amides is 1. The van der Waals surface area contributed by atoms with E-state index in [0.29, 0.717) is 18.3 Å². The molecule has 2 fully saturated rings. The summed E-state index contributed by atoms with van der Waals surface area (Å²) in [4.78, 5) is 12.9. The van der Waals surface area contributed by atoms with Gasteiger partial charge in [-0.25, -0.2) is 13.1 Å². The molecule has 1 aromatic carbocycles. The zero-order valence-corrected chi connectivity index (χ0v) is 18.2. The molecule has 0 heterocycles. The Kier molecular flexibility index (Phi) is 7.95. The number of hydrogen-bond acceptors (Lipinski definition) is 4. The van der Waals surface area contributed by atoms with Gasteiger partial charge in [0.25, 0.3) is 0 Å². The number of rotatable bonds is 7. The first-order valence-corrected chi connectivity index (χ1v) is 12.4. The second-order valence-electron chi connectivity index (χ2n) is 8.44. The Labute approximate surface area is 174 Å². The lowest BCUT2D eigenvalue weighted by Gasteiger charge is -2.29. The molecule has 2 aliphatic rings. The highest BCUT2D eigenvalue weighted by Gasteiger charge is 2.28. The predicted octanol–water partition coefficient (Wildman–Crippen LogP) is 3.62. The van der Waals surface area contributed by atoms with Gasteiger partial charge in [-0.05, 0) is 68.7 Å². The highest BCUT2D eigenvalue weighted by molar-refractivity contribution is 7.89. The number of carbonyl (C=O) groups is 1. The molecule has 6 nitrogen and oxygen atoms in total. The molecule has 2 aliphatic carbocycles. The topological polar surface area (TPSA) is 84.5 Å². The first-order valence-electron chi connectivity index (χ1n) is 10.9. The van der Waals surface area contributed by atoms with Gasteiger partial charge >= 0.3 is 0 Å². The summed E-state index contributed by atoms with van der Waals surface area (Å²) in [5, 5.41) is 3.27. The summed E-state index contributed by atoms with van der Waals surface area (Å²) in [6.45, 7) is 0.422. The van der Waals surface area contributed by atoms with Gasteiger partial charge in [0.05, 0.1) is 12.0 Å². The van der Waals surface area contributed by atoms with E-state index >= 15 is 0 Å². The lowest BCUT2D eigenvalue weighted by Crippen LogP contribution is -2.40. The van der Waals surface area contributed by atoms with Crippen molar-refractivity contribution in [2.45, 2.75) is 75.1 Å². The third-order valence-electron chi connectivity index (χ3n) is 6.35. The van der Waals surface area contributed by atoms with Crippen molar-refractivity contribution in [2.75, 3.05) is 13.7 Å². The van der Waals surface area contributed by atoms with Crippen LogP contribution in [-0.4, -0.2) is 34.0 Å². The molecule has 2 saturated carbocycles. The number of sulfonamides is 1. The molecule has 162 valence electrons. The van der Waals surface area contributed by atoms with Crippen molar-refractivity contribution in [3.05, 3.63) is 24.3 Å². The smallest absolute Gasteiger partial charge is 0.240 e. The highest BCUT2D eigenvalue weighted by Crippen LogP contribution is 2.29. The van der Waals surface area contributed by atoms with E-state index in [2.05, 4.69) is 10.0 Å². The number of nitrogens with one attached hydrogen (secondary N) is 2. The van der Waals surface area contributed by atoms with E-state index in [9.17, 15) is 13.2 Å². The van der Waals surface area contributed by atoms with Gasteiger partial charge < -0.3 is 10.1 Å². The molecule has 0 radical (unpaired) electrons. The molecule has 0 atom stereocenters. The molecule has 0 unspecified atom stereocenters. The monoisotopic (exact) mass is 422 g/mol. The number of methoxy groups -OCH3 is 1. The summed E-state index contributed by atoms with van der Waals surface area (Å²) in [7, 11) is -1.97. The number of carbonyl (C=O) groups excluding carboxylic acids is 1. The summed E-state index contributed by atoms with van der Waals surface area (Å²) in [6, 6.07) is 6.74. The third kappa shape index (κ3) is 6.44. The standard InChI is InChI=1S/C22H34N2O4S/c1-28-20-12-14-21(15-13-20)29(26,27)23-16-17-8-10-18(11-9-17)22(25)24-19-6-4-2-3-5-7-19/h12-15,17-19,23H,2-11,16H2,1H3,(H,24,25). The van der Waals surface area contributed by atoms with Crippen molar-refractivity contribution in [2.24, 2.45) is 11.8 Å². The van der Waals surface area contributed by atoms with Crippen LogP contribution >= 0.6 is 0 Å². The molecular weight excluding hydrogens is 388 g/mol. The summed E-state index contributed by atoms with van der Waals surface area (Å²) in [6.07, 6.45) is 10.6. The molecule has 3 rings (SSSR count). The second-order valence-corrected chi connectivity index (χ2v) is 10.2. The number of hydrogen-bond donors (Lipinski definition) is 2. The van der Waals surface area contributed by atoms with Crippen molar-refractivity contribution in [1.29, 1.82) is 0 Å². The van der Waals surface area contributed by atoms with Crippen LogP contribution in [0, 0.1) is 11.8 Å². The van der Waals surface area contributed by atoms with E-state index in [4.69, 9.17) is 4.74 Å². The Morgan fingerprint density at radius 2 is 1.59 bits per heavy atom. The number of benzene rings is 1. The average Bonchev–Trinajstić information content (AvgIpc) is 3.01. The van der Waals surface area contributed by atoms with Crippen molar-refractivity contribution in [3.8, 4) is 5.75 Å². The van der Waals surface area contributed by atoms with E-state index in [1.807, 2.05) is 0 Å². The van der Waals surface area contributed by atoms with E-state index in [0.717, 1.165) is 38.5 Å². The molecule has 2 N–H and O–H groups in total. The van der Waals surface area contributed by atoms with Crippen LogP contribution in [0.1, 0.15) is 64.2 Å². The fraction of sp³-hybridized carbons (Fsp3) is 0.682. The normalized spacial score (nSPS) is 23.9. The molecule has 0 saturated heterocycles. The Morgan fingerprint density at radius 1 is 0.966 bits per heavy atom. The molecule has 29 heavy (non-hydrogen) atoms. The molecule has 0 aliphatic heterocycles. The van der Waals surface area contributed by atoms with Crippen LogP contribution in [0.4, 0.5) is 0 Å². The minimum absolute atomic E-state index is 0.0766. The van der Waals surface area contributed by atoms with Gasteiger partial charge in [0, 0.05) is 18.5 Å². The van der Waals surface area contributed by atoms with Crippen LogP contribution in [0.25, 0.3) is 0 Å². The van der Waals surface area contributed by atoms with E-state index in [-0.39, 0.29) is 22.6 Å². The minimum Gasteiger partial charge on any atom is -0.497 e. The second kappa shape index (κ2) is 10.4. The maximum atomic E-state index is 12.6. The maximum absolute atomic E-state index is 12.6. The van der Waals surface area contributed by atoms with E-state index in [1.54, 1.807) is 31.4 Å². The van der Waals surface area contributed by atoms with Crippen LogP contribution in [-0.2, 0) is 14.8 Å². The Balaban J connectivity index is 1.42. The van der Waals surface area contributed by atoms with Crippen LogP contribution in [0.15, 0.2) is 29.2 Å². The van der Waals surface area contributed by atoms with Crippen LogP contribution in [0.2, 0.25) is 0 Å². The summed E-state index contributed by atoms with van der Waals surface area (Å²) in [5.41, 5.74) is 0. The summed E-state index contributed by atoms with van der Waals surface area (Å²) < 4.78 is 32.8. The predicted molar refractivity (Wildman–Crippen MR) is 113 cm³/mol. The molecule has 0 aromatic heterocycles. The van der Waals surface area contributed by atoms with Gasteiger partial charge in [0.1, 0.15) is 5.75 Å². The SMILES string of the molecule is COc1ccc(S(=O)(=O)NCC2CCC(C(=O)NC3CCCCCC3)CC2)cc1. The van der Waals surface area contributed by atoms with Crippen molar-refractivity contribution >= 4 is 15.9 Å². The van der Waals surface area contributed by atoms with Gasteiger partial charge in [0.2, 0.25) is 15.9 Å². The fourth-order valence-electron chi connectivity index (χ4n) is 4.44. The molecule has 0 spiro atoms. The Hall–Kier alpha value is -1.60. The molecule has 1 aromatic rings. The molecule has 1 amide bonds. The molecule has 0 bridgehead atoms. The number of ether oxygens (including phenoxy) is 1. The van der Waals surface area contributed by atoms with Crippen molar-refractivity contribution < 1.29 is 17.9 Å². The van der Waals surface area contributed by atoms with Gasteiger partial charge in [-0.2, -0.15) is 0 Å². The Morgan fingerprint density at radius 3 is 2.17 bits per heavy atom. The first-order chi connectivity index (χ1) is 14.0. The largest absolute Gasteiger partial charge is 0.497 e. The van der Waals surface area contributed by atoms with Gasteiger partial charge in [-0.3, -0.25) is 4.79 Å². The van der Waals surface area contributed by atoms with Crippen LogP contribution < -0.4 is 14.8 Å².